The molecule has 0 aliphatic carbocycles. The van der Waals surface area contributed by atoms with Crippen LogP contribution in [0.25, 0.3) is 5.57 Å². The van der Waals surface area contributed by atoms with Crippen LogP contribution in [0.3, 0.4) is 0 Å². The Morgan fingerprint density at radius 1 is 1.02 bits per heavy atom. The second kappa shape index (κ2) is 11.1. The van der Waals surface area contributed by atoms with E-state index >= 15 is 0 Å². The van der Waals surface area contributed by atoms with Crippen molar-refractivity contribution >= 4 is 46.1 Å². The molecule has 42 heavy (non-hydrogen) atoms. The maximum atomic E-state index is 14.3. The van der Waals surface area contributed by atoms with Crippen molar-refractivity contribution in [2.45, 2.75) is 26.4 Å². The number of aromatic nitrogens is 1. The summed E-state index contributed by atoms with van der Waals surface area (Å²) in [7, 11) is 1.57. The van der Waals surface area contributed by atoms with Crippen LogP contribution < -0.4 is 24.5 Å². The highest BCUT2D eigenvalue weighted by Crippen LogP contribution is 2.37. The zero-order valence-corrected chi connectivity index (χ0v) is 24.7. The summed E-state index contributed by atoms with van der Waals surface area (Å²) in [6.07, 6.45) is 0. The largest absolute Gasteiger partial charge is 0.497 e. The standard InChI is InChI=1S/C32H26ClN3O5S/c1-4-41-31(39)25-18(2)34-32-36(27(25)19-13-15-21(40-3)16-14-19)30(38)28(42-32)26-22-10-6-8-12-24(22)35(29(26)37)17-20-9-5-7-11-23(20)33/h5-16,27H,4,17H2,1-3H3/b28-26-. The molecular formula is C32H26ClN3O5S. The molecule has 0 spiro atoms. The van der Waals surface area contributed by atoms with Crippen LogP contribution in [0.4, 0.5) is 5.69 Å². The van der Waals surface area contributed by atoms with Crippen molar-refractivity contribution < 1.29 is 19.1 Å². The van der Waals surface area contributed by atoms with E-state index in [-0.39, 0.29) is 29.2 Å². The minimum Gasteiger partial charge on any atom is -0.497 e. The summed E-state index contributed by atoms with van der Waals surface area (Å²) in [5.74, 6) is -0.215. The van der Waals surface area contributed by atoms with Crippen LogP contribution in [0.15, 0.2) is 93.9 Å². The average molecular weight is 600 g/mol. The van der Waals surface area contributed by atoms with E-state index in [1.54, 1.807) is 44.1 Å². The molecule has 212 valence electrons. The van der Waals surface area contributed by atoms with Crippen LogP contribution >= 0.6 is 22.9 Å². The molecule has 0 radical (unpaired) electrons. The van der Waals surface area contributed by atoms with Gasteiger partial charge in [-0.15, -0.1) is 0 Å². The van der Waals surface area contributed by atoms with Crippen LogP contribution in [0.2, 0.25) is 5.02 Å². The third-order valence-corrected chi connectivity index (χ3v) is 8.78. The molecule has 4 aromatic rings. The number of para-hydroxylation sites is 1. The Hall–Kier alpha value is -4.47. The number of carbonyl (C=O) groups is 2. The first kappa shape index (κ1) is 27.7. The highest BCUT2D eigenvalue weighted by molar-refractivity contribution is 7.07. The molecule has 0 saturated heterocycles. The molecule has 0 N–H and O–H groups in total. The Morgan fingerprint density at radius 2 is 1.74 bits per heavy atom. The third kappa shape index (κ3) is 4.55. The number of anilines is 1. The van der Waals surface area contributed by atoms with Crippen molar-refractivity contribution in [3.8, 4) is 5.75 Å². The number of fused-ring (bicyclic) bond motifs is 2. The molecular weight excluding hydrogens is 574 g/mol. The number of halogens is 1. The van der Waals surface area contributed by atoms with Gasteiger partial charge in [-0.05, 0) is 49.2 Å². The highest BCUT2D eigenvalue weighted by Gasteiger charge is 2.37. The number of esters is 1. The Labute approximate surface area is 250 Å². The highest BCUT2D eigenvalue weighted by atomic mass is 35.5. The number of benzene rings is 3. The molecule has 0 saturated carbocycles. The summed E-state index contributed by atoms with van der Waals surface area (Å²) in [4.78, 5) is 48.3. The lowest BCUT2D eigenvalue weighted by atomic mass is 9.96. The molecule has 1 unspecified atom stereocenters. The third-order valence-electron chi connectivity index (χ3n) is 7.36. The lowest BCUT2D eigenvalue weighted by Gasteiger charge is -2.24. The number of carbonyl (C=O) groups excluding carboxylic acids is 2. The van der Waals surface area contributed by atoms with Crippen LogP contribution in [0, 0.1) is 0 Å². The van der Waals surface area contributed by atoms with Crippen molar-refractivity contribution in [2.75, 3.05) is 18.6 Å². The Kier molecular flexibility index (Phi) is 7.30. The molecule has 0 bridgehead atoms. The summed E-state index contributed by atoms with van der Waals surface area (Å²) < 4.78 is 12.4. The maximum Gasteiger partial charge on any atom is 0.338 e. The van der Waals surface area contributed by atoms with Crippen molar-refractivity contribution in [1.29, 1.82) is 0 Å². The second-order valence-corrected chi connectivity index (χ2v) is 11.2. The topological polar surface area (TPSA) is 90.2 Å². The summed E-state index contributed by atoms with van der Waals surface area (Å²) in [5.41, 5.74) is 3.43. The second-order valence-electron chi connectivity index (χ2n) is 9.77. The summed E-state index contributed by atoms with van der Waals surface area (Å²) >= 11 is 7.57. The first-order chi connectivity index (χ1) is 20.3. The monoisotopic (exact) mass is 599 g/mol. The molecule has 1 atom stereocenters. The van der Waals surface area contributed by atoms with Crippen LogP contribution in [-0.2, 0) is 20.9 Å². The van der Waals surface area contributed by atoms with Gasteiger partial charge in [0, 0.05) is 10.6 Å². The predicted octanol–water partition coefficient (Wildman–Crippen LogP) is 4.38. The van der Waals surface area contributed by atoms with Gasteiger partial charge in [-0.25, -0.2) is 9.79 Å². The van der Waals surface area contributed by atoms with E-state index in [0.717, 1.165) is 16.9 Å². The van der Waals surface area contributed by atoms with Crippen molar-refractivity contribution in [2.24, 2.45) is 4.99 Å². The van der Waals surface area contributed by atoms with E-state index in [9.17, 15) is 14.4 Å². The van der Waals surface area contributed by atoms with Crippen LogP contribution in [0.1, 0.15) is 36.6 Å². The average Bonchev–Trinajstić information content (AvgIpc) is 3.45. The number of methoxy groups -OCH3 is 1. The molecule has 1 amide bonds. The SMILES string of the molecule is CCOC(=O)C1=C(C)N=c2s/c(=C3\C(=O)N(Cc4ccccc4Cl)c4ccccc43)c(=O)n2C1c1ccc(OC)cc1. The first-order valence-corrected chi connectivity index (χ1v) is 14.5. The zero-order chi connectivity index (χ0) is 29.5. The fourth-order valence-corrected chi connectivity index (χ4v) is 6.73. The van der Waals surface area contributed by atoms with E-state index in [0.29, 0.717) is 43.7 Å². The van der Waals surface area contributed by atoms with E-state index in [1.807, 2.05) is 54.6 Å². The molecule has 0 fully saturated rings. The number of nitrogens with zero attached hydrogens (tertiary/aromatic N) is 3. The lowest BCUT2D eigenvalue weighted by molar-refractivity contribution is -0.139. The van der Waals surface area contributed by atoms with E-state index < -0.39 is 17.6 Å². The van der Waals surface area contributed by atoms with Gasteiger partial charge in [0.15, 0.2) is 4.80 Å². The number of ether oxygens (including phenoxy) is 2. The fraction of sp³-hybridized carbons (Fsp3) is 0.188. The Balaban J connectivity index is 1.57. The number of thiazole rings is 1. The van der Waals surface area contributed by atoms with Crippen molar-refractivity contribution in [3.05, 3.63) is 125 Å². The molecule has 1 aromatic heterocycles. The minimum absolute atomic E-state index is 0.173. The Bertz CT molecular complexity index is 1960. The molecule has 2 aliphatic rings. The zero-order valence-electron chi connectivity index (χ0n) is 23.1. The number of allylic oxidation sites excluding steroid dienone is 1. The van der Waals surface area contributed by atoms with Crippen molar-refractivity contribution in [3.63, 3.8) is 0 Å². The molecule has 3 heterocycles. The van der Waals surface area contributed by atoms with Gasteiger partial charge in [0.05, 0.1) is 48.8 Å². The van der Waals surface area contributed by atoms with Gasteiger partial charge in [0.2, 0.25) is 0 Å². The molecule has 2 aliphatic heterocycles. The molecule has 3 aromatic carbocycles. The predicted molar refractivity (Wildman–Crippen MR) is 161 cm³/mol. The van der Waals surface area contributed by atoms with Crippen LogP contribution in [-0.4, -0.2) is 30.2 Å². The van der Waals surface area contributed by atoms with Gasteiger partial charge in [-0.3, -0.25) is 14.2 Å². The van der Waals surface area contributed by atoms with Gasteiger partial charge >= 0.3 is 5.97 Å². The molecule has 10 heteroatoms. The van der Waals surface area contributed by atoms with Gasteiger partial charge < -0.3 is 14.4 Å². The number of hydrogen-bond donors (Lipinski definition) is 0. The maximum absolute atomic E-state index is 14.3. The molecule has 8 nitrogen and oxygen atoms in total. The van der Waals surface area contributed by atoms with Gasteiger partial charge in [-0.1, -0.05) is 71.5 Å². The van der Waals surface area contributed by atoms with Gasteiger partial charge in [-0.2, -0.15) is 0 Å². The summed E-state index contributed by atoms with van der Waals surface area (Å²) in [5, 5.41) is 0.553. The lowest BCUT2D eigenvalue weighted by Crippen LogP contribution is -2.41. The summed E-state index contributed by atoms with van der Waals surface area (Å²) in [6, 6.07) is 21.1. The molecule has 6 rings (SSSR count). The van der Waals surface area contributed by atoms with Gasteiger partial charge in [0.1, 0.15) is 10.3 Å². The fourth-order valence-electron chi connectivity index (χ4n) is 5.40. The Morgan fingerprint density at radius 3 is 2.45 bits per heavy atom. The minimum atomic E-state index is -0.800. The smallest absolute Gasteiger partial charge is 0.338 e. The van der Waals surface area contributed by atoms with Crippen molar-refractivity contribution in [1.82, 2.24) is 4.57 Å². The quantitative estimate of drug-likeness (QED) is 0.307. The van der Waals surface area contributed by atoms with Gasteiger partial charge in [0.25, 0.3) is 11.5 Å². The van der Waals surface area contributed by atoms with E-state index in [2.05, 4.69) is 4.99 Å². The summed E-state index contributed by atoms with van der Waals surface area (Å²) in [6.45, 7) is 3.87. The number of hydrogen-bond acceptors (Lipinski definition) is 7. The first-order valence-electron chi connectivity index (χ1n) is 13.3. The van der Waals surface area contributed by atoms with E-state index in [1.165, 1.54) is 4.57 Å². The number of rotatable bonds is 6. The van der Waals surface area contributed by atoms with E-state index in [4.69, 9.17) is 21.1 Å². The number of amides is 1. The van der Waals surface area contributed by atoms with Crippen LogP contribution in [0.5, 0.6) is 5.75 Å². The normalized spacial score (nSPS) is 17.1.